The summed E-state index contributed by atoms with van der Waals surface area (Å²) in [6, 6.07) is 12.2. The Bertz CT molecular complexity index is 1680. The number of hydrogen-bond acceptors (Lipinski definition) is 7. The Morgan fingerprint density at radius 1 is 1.07 bits per heavy atom. The SMILES string of the molecule is Cc1ccc2nc(NC(=O)Nc3ccccc3N3CC4(CCN(CC(C)C)CC4)c4c(C(F)(F)F)ccc(O)c43)sc2n1. The third-order valence-corrected chi connectivity index (χ3v) is 9.10. The van der Waals surface area contributed by atoms with Crippen LogP contribution in [0.1, 0.15) is 43.5 Å². The largest absolute Gasteiger partial charge is 0.506 e. The van der Waals surface area contributed by atoms with Crippen LogP contribution in [0.15, 0.2) is 48.5 Å². The minimum absolute atomic E-state index is 0.140. The van der Waals surface area contributed by atoms with Crippen LogP contribution in [-0.4, -0.2) is 52.2 Å². The molecule has 2 aromatic heterocycles. The molecule has 0 bridgehead atoms. The number of urea groups is 1. The van der Waals surface area contributed by atoms with Crippen molar-refractivity contribution in [2.45, 2.75) is 45.2 Å². The van der Waals surface area contributed by atoms with Gasteiger partial charge in [-0.15, -0.1) is 0 Å². The molecule has 0 radical (unpaired) electrons. The fourth-order valence-corrected chi connectivity index (χ4v) is 7.29. The highest BCUT2D eigenvalue weighted by molar-refractivity contribution is 7.21. The first kappa shape index (κ1) is 29.2. The van der Waals surface area contributed by atoms with Crippen molar-refractivity contribution in [2.75, 3.05) is 41.7 Å². The molecule has 2 aromatic carbocycles. The zero-order chi connectivity index (χ0) is 30.5. The number of carbonyl (C=O) groups is 1. The zero-order valence-electron chi connectivity index (χ0n) is 24.1. The Morgan fingerprint density at radius 2 is 1.81 bits per heavy atom. The summed E-state index contributed by atoms with van der Waals surface area (Å²) in [7, 11) is 0. The Hall–Kier alpha value is -3.90. The second-order valence-electron chi connectivity index (χ2n) is 11.8. The molecule has 1 spiro atoms. The van der Waals surface area contributed by atoms with Crippen molar-refractivity contribution < 1.29 is 23.1 Å². The number of hydrogen-bond donors (Lipinski definition) is 3. The second kappa shape index (κ2) is 11.0. The predicted molar refractivity (Wildman–Crippen MR) is 164 cm³/mol. The molecule has 2 amide bonds. The number of fused-ring (bicyclic) bond motifs is 3. The van der Waals surface area contributed by atoms with Gasteiger partial charge in [-0.1, -0.05) is 37.3 Å². The zero-order valence-corrected chi connectivity index (χ0v) is 24.9. The van der Waals surface area contributed by atoms with Crippen LogP contribution in [0.2, 0.25) is 0 Å². The average molecular weight is 611 g/mol. The van der Waals surface area contributed by atoms with Crippen molar-refractivity contribution in [3.8, 4) is 5.75 Å². The van der Waals surface area contributed by atoms with Crippen molar-refractivity contribution in [3.05, 3.63) is 65.4 Å². The molecule has 0 atom stereocenters. The Morgan fingerprint density at radius 3 is 2.53 bits per heavy atom. The number of amides is 2. The lowest BCUT2D eigenvalue weighted by Crippen LogP contribution is -2.46. The van der Waals surface area contributed by atoms with E-state index in [9.17, 15) is 23.1 Å². The van der Waals surface area contributed by atoms with Crippen molar-refractivity contribution >= 4 is 49.9 Å². The number of alkyl halides is 3. The number of phenols is 1. The predicted octanol–water partition coefficient (Wildman–Crippen LogP) is 7.51. The molecule has 4 heterocycles. The number of pyridine rings is 1. The van der Waals surface area contributed by atoms with E-state index in [0.29, 0.717) is 58.7 Å². The fraction of sp³-hybridized carbons (Fsp3) is 0.387. The summed E-state index contributed by atoms with van der Waals surface area (Å²) < 4.78 is 43.4. The average Bonchev–Trinajstić information content (AvgIpc) is 3.48. The van der Waals surface area contributed by atoms with Crippen LogP contribution in [0.4, 0.5) is 40.2 Å². The van der Waals surface area contributed by atoms with Crippen molar-refractivity contribution in [1.29, 1.82) is 0 Å². The lowest BCUT2D eigenvalue weighted by Gasteiger charge is -2.41. The number of aryl methyl sites for hydroxylation is 1. The smallest absolute Gasteiger partial charge is 0.416 e. The molecule has 0 aliphatic carbocycles. The van der Waals surface area contributed by atoms with Gasteiger partial charge < -0.3 is 20.2 Å². The number of nitrogens with one attached hydrogen (secondary N) is 2. The summed E-state index contributed by atoms with van der Waals surface area (Å²) in [5, 5.41) is 17.0. The normalized spacial score (nSPS) is 16.7. The maximum absolute atomic E-state index is 14.5. The fourth-order valence-electron chi connectivity index (χ4n) is 6.41. The molecule has 1 saturated heterocycles. The van der Waals surface area contributed by atoms with Gasteiger partial charge in [-0.2, -0.15) is 13.2 Å². The molecule has 0 saturated carbocycles. The van der Waals surface area contributed by atoms with E-state index in [1.807, 2.05) is 19.1 Å². The van der Waals surface area contributed by atoms with Gasteiger partial charge in [0.25, 0.3) is 0 Å². The van der Waals surface area contributed by atoms with Crippen LogP contribution < -0.4 is 15.5 Å². The van der Waals surface area contributed by atoms with E-state index in [4.69, 9.17) is 0 Å². The molecular weight excluding hydrogens is 577 g/mol. The van der Waals surface area contributed by atoms with E-state index >= 15 is 0 Å². The number of piperidine rings is 1. The first-order valence-corrected chi connectivity index (χ1v) is 15.1. The van der Waals surface area contributed by atoms with Crippen molar-refractivity contribution in [3.63, 3.8) is 0 Å². The van der Waals surface area contributed by atoms with Gasteiger partial charge in [0.2, 0.25) is 0 Å². The molecule has 0 unspecified atom stereocenters. The summed E-state index contributed by atoms with van der Waals surface area (Å²) in [4.78, 5) is 26.7. The number of benzene rings is 2. The highest BCUT2D eigenvalue weighted by atomic mass is 32.1. The number of likely N-dealkylation sites (tertiary alicyclic amines) is 1. The van der Waals surface area contributed by atoms with E-state index in [1.165, 1.54) is 11.3 Å². The quantitative estimate of drug-likeness (QED) is 0.217. The molecule has 3 N–H and O–H groups in total. The van der Waals surface area contributed by atoms with Gasteiger partial charge >= 0.3 is 12.2 Å². The summed E-state index contributed by atoms with van der Waals surface area (Å²) in [5.41, 5.74) is 1.16. The summed E-state index contributed by atoms with van der Waals surface area (Å²) in [5.74, 6) is 0.226. The molecule has 6 rings (SSSR count). The first-order valence-electron chi connectivity index (χ1n) is 14.3. The van der Waals surface area contributed by atoms with Crippen molar-refractivity contribution in [1.82, 2.24) is 14.9 Å². The number of aromatic hydroxyl groups is 1. The maximum atomic E-state index is 14.5. The van der Waals surface area contributed by atoms with E-state index in [2.05, 4.69) is 39.3 Å². The van der Waals surface area contributed by atoms with Crippen LogP contribution in [-0.2, 0) is 11.6 Å². The third kappa shape index (κ3) is 5.61. The molecule has 4 aromatic rings. The monoisotopic (exact) mass is 610 g/mol. The number of para-hydroxylation sites is 2. The lowest BCUT2D eigenvalue weighted by molar-refractivity contribution is -0.138. The van der Waals surface area contributed by atoms with Gasteiger partial charge in [-0.05, 0) is 80.7 Å². The standard InChI is InChI=1S/C31H33F3N6O2S/c1-18(2)16-39-14-12-30(13-15-39)17-40(26-24(41)11-9-20(25(26)30)31(32,33)34)23-7-5-4-6-21(23)36-28(42)38-29-37-22-10-8-19(3)35-27(22)43-29/h4-11,18,41H,12-17H2,1-3H3,(H2,36,37,38,42). The highest BCUT2D eigenvalue weighted by Crippen LogP contribution is 2.57. The minimum atomic E-state index is -4.59. The topological polar surface area (TPSA) is 93.6 Å². The van der Waals surface area contributed by atoms with Crippen LogP contribution in [0.5, 0.6) is 5.75 Å². The third-order valence-electron chi connectivity index (χ3n) is 8.22. The van der Waals surface area contributed by atoms with Gasteiger partial charge in [-0.3, -0.25) is 5.32 Å². The number of anilines is 4. The van der Waals surface area contributed by atoms with Gasteiger partial charge in [0.1, 0.15) is 16.1 Å². The van der Waals surface area contributed by atoms with Gasteiger partial charge in [-0.25, -0.2) is 14.8 Å². The molecular formula is C31H33F3N6O2S. The number of carbonyl (C=O) groups excluding carboxylic acids is 1. The van der Waals surface area contributed by atoms with Gasteiger partial charge in [0.05, 0.1) is 22.6 Å². The van der Waals surface area contributed by atoms with Gasteiger partial charge in [0.15, 0.2) is 5.13 Å². The molecule has 43 heavy (non-hydrogen) atoms. The van der Waals surface area contributed by atoms with E-state index < -0.39 is 23.2 Å². The van der Waals surface area contributed by atoms with E-state index in [1.54, 1.807) is 29.2 Å². The second-order valence-corrected chi connectivity index (χ2v) is 12.8. The number of thiazole rings is 1. The first-order chi connectivity index (χ1) is 20.4. The number of aromatic nitrogens is 2. The number of halogens is 3. The summed E-state index contributed by atoms with van der Waals surface area (Å²) >= 11 is 1.25. The summed E-state index contributed by atoms with van der Waals surface area (Å²) in [6.45, 7) is 8.60. The Balaban J connectivity index is 1.34. The maximum Gasteiger partial charge on any atom is 0.416 e. The van der Waals surface area contributed by atoms with Crippen LogP contribution in [0.3, 0.4) is 0 Å². The van der Waals surface area contributed by atoms with Crippen molar-refractivity contribution in [2.24, 2.45) is 5.92 Å². The van der Waals surface area contributed by atoms with E-state index in [0.717, 1.165) is 24.4 Å². The molecule has 1 fully saturated rings. The number of rotatable bonds is 5. The molecule has 2 aliphatic rings. The Labute approximate surface area is 251 Å². The Kier molecular flexibility index (Phi) is 7.45. The van der Waals surface area contributed by atoms with Crippen LogP contribution in [0.25, 0.3) is 10.3 Å². The highest BCUT2D eigenvalue weighted by Gasteiger charge is 2.51. The number of nitrogens with zero attached hydrogens (tertiary/aromatic N) is 4. The minimum Gasteiger partial charge on any atom is -0.506 e. The molecule has 2 aliphatic heterocycles. The number of phenolic OH excluding ortho intramolecular Hbond substituents is 1. The lowest BCUT2D eigenvalue weighted by atomic mass is 9.72. The van der Waals surface area contributed by atoms with Gasteiger partial charge in [0, 0.05) is 24.2 Å². The summed E-state index contributed by atoms with van der Waals surface area (Å²) in [6.07, 6.45) is -3.54. The molecule has 8 nitrogen and oxygen atoms in total. The van der Waals surface area contributed by atoms with Crippen LogP contribution in [0, 0.1) is 12.8 Å². The van der Waals surface area contributed by atoms with Crippen LogP contribution >= 0.6 is 11.3 Å². The molecule has 226 valence electrons. The molecule has 12 heteroatoms. The van der Waals surface area contributed by atoms with E-state index in [-0.39, 0.29) is 23.5 Å².